The Morgan fingerprint density at radius 1 is 1.12 bits per heavy atom. The van der Waals surface area contributed by atoms with Crippen LogP contribution in [-0.2, 0) is 4.79 Å². The molecule has 4 rings (SSSR count). The summed E-state index contributed by atoms with van der Waals surface area (Å²) in [5.74, 6) is -0.542. The lowest BCUT2D eigenvalue weighted by Gasteiger charge is -2.13. The summed E-state index contributed by atoms with van der Waals surface area (Å²) in [6, 6.07) is 15.2. The molecule has 0 fully saturated rings. The summed E-state index contributed by atoms with van der Waals surface area (Å²) in [6.45, 7) is 1.87. The molecule has 0 aliphatic carbocycles. The number of para-hydroxylation sites is 1. The lowest BCUT2D eigenvalue weighted by Crippen LogP contribution is -2.23. The second-order valence-corrected chi connectivity index (χ2v) is 8.10. The van der Waals surface area contributed by atoms with Crippen LogP contribution in [0.2, 0.25) is 0 Å². The number of amides is 1. The van der Waals surface area contributed by atoms with Gasteiger partial charge in [0.15, 0.2) is 5.16 Å². The Morgan fingerprint density at radius 2 is 1.85 bits per heavy atom. The third-order valence-corrected chi connectivity index (χ3v) is 5.52. The van der Waals surface area contributed by atoms with Crippen molar-refractivity contribution in [2.75, 3.05) is 11.1 Å². The number of nitrogens with zero attached hydrogens (tertiary/aromatic N) is 3. The van der Waals surface area contributed by atoms with E-state index in [0.29, 0.717) is 22.4 Å². The maximum Gasteiger partial charge on any atom is 0.573 e. The number of aryl methyl sites for hydroxylation is 1. The van der Waals surface area contributed by atoms with Gasteiger partial charge < -0.3 is 10.1 Å². The number of ether oxygens (including phenoxy) is 1. The van der Waals surface area contributed by atoms with E-state index in [-0.39, 0.29) is 16.5 Å². The summed E-state index contributed by atoms with van der Waals surface area (Å²) < 4.78 is 42.0. The van der Waals surface area contributed by atoms with Crippen molar-refractivity contribution < 1.29 is 22.7 Å². The van der Waals surface area contributed by atoms with Crippen molar-refractivity contribution in [3.63, 3.8) is 0 Å². The van der Waals surface area contributed by atoms with E-state index in [2.05, 4.69) is 20.0 Å². The molecule has 0 saturated carbocycles. The molecule has 0 aliphatic rings. The van der Waals surface area contributed by atoms with E-state index in [4.69, 9.17) is 0 Å². The number of anilines is 1. The Kier molecular flexibility index (Phi) is 6.55. The zero-order valence-electron chi connectivity index (χ0n) is 17.7. The number of thioether (sulfide) groups is 1. The fourth-order valence-electron chi connectivity index (χ4n) is 3.12. The van der Waals surface area contributed by atoms with Gasteiger partial charge in [-0.15, -0.1) is 13.2 Å². The highest BCUT2D eigenvalue weighted by atomic mass is 32.2. The van der Waals surface area contributed by atoms with Crippen LogP contribution in [0.4, 0.5) is 18.9 Å². The maximum absolute atomic E-state index is 13.2. The topological polar surface area (TPSA) is 86.1 Å². The number of rotatable bonds is 6. The van der Waals surface area contributed by atoms with Crippen LogP contribution in [-0.4, -0.2) is 32.6 Å². The van der Waals surface area contributed by atoms with Crippen LogP contribution in [0.25, 0.3) is 16.7 Å². The van der Waals surface area contributed by atoms with Crippen LogP contribution in [0.1, 0.15) is 5.56 Å². The molecule has 0 spiro atoms. The van der Waals surface area contributed by atoms with Gasteiger partial charge in [0.1, 0.15) is 11.6 Å². The summed E-state index contributed by atoms with van der Waals surface area (Å²) in [7, 11) is 0. The first kappa shape index (κ1) is 23.3. The smallest absolute Gasteiger partial charge is 0.406 e. The molecule has 11 heteroatoms. The first-order chi connectivity index (χ1) is 16.2. The Hall–Kier alpha value is -3.86. The summed E-state index contributed by atoms with van der Waals surface area (Å²) in [6.07, 6.45) is -3.21. The van der Waals surface area contributed by atoms with Gasteiger partial charge in [0.25, 0.3) is 5.56 Å². The number of aromatic nitrogens is 3. The van der Waals surface area contributed by atoms with E-state index < -0.39 is 18.0 Å². The van der Waals surface area contributed by atoms with Gasteiger partial charge >= 0.3 is 6.36 Å². The highest BCUT2D eigenvalue weighted by molar-refractivity contribution is 7.99. The molecule has 2 aromatic heterocycles. The SMILES string of the molecule is Cc1ccnc(-n2c(SCC(=O)Nc3ccc(OC(F)(F)F)cc3)nc3ccccc3c2=O)c1. The number of halogens is 3. The highest BCUT2D eigenvalue weighted by Crippen LogP contribution is 2.25. The molecule has 1 amide bonds. The number of fused-ring (bicyclic) bond motifs is 1. The Balaban J connectivity index is 1.55. The van der Waals surface area contributed by atoms with E-state index in [1.807, 2.05) is 6.92 Å². The highest BCUT2D eigenvalue weighted by Gasteiger charge is 2.31. The van der Waals surface area contributed by atoms with Gasteiger partial charge in [-0.25, -0.2) is 14.5 Å². The summed E-state index contributed by atoms with van der Waals surface area (Å²) >= 11 is 1.04. The number of alkyl halides is 3. The lowest BCUT2D eigenvalue weighted by atomic mass is 10.2. The molecule has 0 unspecified atom stereocenters. The molecule has 0 atom stereocenters. The Bertz CT molecular complexity index is 1410. The molecular weight excluding hydrogens is 469 g/mol. The van der Waals surface area contributed by atoms with Crippen LogP contribution in [0.5, 0.6) is 5.75 Å². The molecule has 174 valence electrons. The van der Waals surface area contributed by atoms with Crippen LogP contribution in [0.15, 0.2) is 76.8 Å². The minimum atomic E-state index is -4.80. The number of carbonyl (C=O) groups excluding carboxylic acids is 1. The maximum atomic E-state index is 13.2. The van der Waals surface area contributed by atoms with Crippen LogP contribution in [0, 0.1) is 6.92 Å². The van der Waals surface area contributed by atoms with Crippen LogP contribution >= 0.6 is 11.8 Å². The number of carbonyl (C=O) groups is 1. The minimum absolute atomic E-state index is 0.0998. The molecule has 1 N–H and O–H groups in total. The van der Waals surface area contributed by atoms with E-state index >= 15 is 0 Å². The number of nitrogens with one attached hydrogen (secondary N) is 1. The van der Waals surface area contributed by atoms with Crippen molar-refractivity contribution >= 4 is 34.3 Å². The van der Waals surface area contributed by atoms with Crippen LogP contribution < -0.4 is 15.6 Å². The largest absolute Gasteiger partial charge is 0.573 e. The molecule has 0 bridgehead atoms. The summed E-state index contributed by atoms with van der Waals surface area (Å²) in [4.78, 5) is 34.5. The van der Waals surface area contributed by atoms with Gasteiger partial charge in [0.05, 0.1) is 16.7 Å². The number of hydrogen-bond acceptors (Lipinski definition) is 6. The van der Waals surface area contributed by atoms with E-state index in [0.717, 1.165) is 29.5 Å². The molecule has 7 nitrogen and oxygen atoms in total. The predicted molar refractivity (Wildman–Crippen MR) is 122 cm³/mol. The number of benzene rings is 2. The zero-order chi connectivity index (χ0) is 24.3. The van der Waals surface area contributed by atoms with Crippen molar-refractivity contribution in [3.8, 4) is 11.6 Å². The molecule has 0 aliphatic heterocycles. The lowest BCUT2D eigenvalue weighted by molar-refractivity contribution is -0.274. The molecule has 0 saturated heterocycles. The third kappa shape index (κ3) is 5.54. The normalized spacial score (nSPS) is 11.4. The number of pyridine rings is 1. The average Bonchev–Trinajstić information content (AvgIpc) is 2.78. The van der Waals surface area contributed by atoms with Crippen molar-refractivity contribution in [3.05, 3.63) is 82.8 Å². The summed E-state index contributed by atoms with van der Waals surface area (Å²) in [5, 5.41) is 3.30. The second kappa shape index (κ2) is 9.56. The van der Waals surface area contributed by atoms with Crippen molar-refractivity contribution in [1.29, 1.82) is 0 Å². The fraction of sp³-hybridized carbons (Fsp3) is 0.130. The predicted octanol–water partition coefficient (Wildman–Crippen LogP) is 4.72. The van der Waals surface area contributed by atoms with Crippen molar-refractivity contribution in [2.24, 2.45) is 0 Å². The Morgan fingerprint density at radius 3 is 2.56 bits per heavy atom. The monoisotopic (exact) mass is 486 g/mol. The molecule has 0 radical (unpaired) electrons. The van der Waals surface area contributed by atoms with Gasteiger partial charge in [-0.05, 0) is 61.0 Å². The molecule has 2 aromatic carbocycles. The second-order valence-electron chi connectivity index (χ2n) is 7.15. The zero-order valence-corrected chi connectivity index (χ0v) is 18.5. The molecule has 2 heterocycles. The fourth-order valence-corrected chi connectivity index (χ4v) is 3.92. The average molecular weight is 486 g/mol. The van der Waals surface area contributed by atoms with Crippen LogP contribution in [0.3, 0.4) is 0 Å². The molecule has 4 aromatic rings. The summed E-state index contributed by atoms with van der Waals surface area (Å²) in [5.41, 5.74) is 1.37. The molecular formula is C23H17F3N4O3S. The van der Waals surface area contributed by atoms with Gasteiger partial charge in [-0.1, -0.05) is 23.9 Å². The first-order valence-electron chi connectivity index (χ1n) is 9.93. The van der Waals surface area contributed by atoms with Gasteiger partial charge in [0, 0.05) is 11.9 Å². The van der Waals surface area contributed by atoms with Gasteiger partial charge in [-0.2, -0.15) is 0 Å². The molecule has 34 heavy (non-hydrogen) atoms. The standard InChI is InChI=1S/C23H17F3N4O3S/c1-14-10-11-27-19(12-14)30-21(32)17-4-2-3-5-18(17)29-22(30)34-13-20(31)28-15-6-8-16(9-7-15)33-23(24,25)26/h2-12H,13H2,1H3,(H,28,31). The van der Waals surface area contributed by atoms with Crippen molar-refractivity contribution in [1.82, 2.24) is 14.5 Å². The van der Waals surface area contributed by atoms with Crippen molar-refractivity contribution in [2.45, 2.75) is 18.4 Å². The Labute approximate surface area is 195 Å². The first-order valence-corrected chi connectivity index (χ1v) is 10.9. The quantitative estimate of drug-likeness (QED) is 0.314. The van der Waals surface area contributed by atoms with E-state index in [9.17, 15) is 22.8 Å². The number of hydrogen-bond donors (Lipinski definition) is 1. The van der Waals surface area contributed by atoms with E-state index in [1.54, 1.807) is 42.6 Å². The van der Waals surface area contributed by atoms with E-state index in [1.165, 1.54) is 16.7 Å². The minimum Gasteiger partial charge on any atom is -0.406 e. The van der Waals surface area contributed by atoms with Gasteiger partial charge in [0.2, 0.25) is 5.91 Å². The van der Waals surface area contributed by atoms with Gasteiger partial charge in [-0.3, -0.25) is 9.59 Å². The third-order valence-electron chi connectivity index (χ3n) is 4.58.